The SMILES string of the molecule is CCC(CC(=O)NOCCCc1ccco1)c1ccc(F)cc1. The van der Waals surface area contributed by atoms with Crippen molar-refractivity contribution in [3.8, 4) is 0 Å². The number of nitrogens with one attached hydrogen (secondary N) is 1. The smallest absolute Gasteiger partial charge is 0.244 e. The molecule has 0 aliphatic rings. The number of benzene rings is 1. The molecule has 1 heterocycles. The highest BCUT2D eigenvalue weighted by molar-refractivity contribution is 5.75. The Balaban J connectivity index is 1.67. The van der Waals surface area contributed by atoms with Crippen molar-refractivity contribution in [1.29, 1.82) is 0 Å². The molecule has 1 atom stereocenters. The van der Waals surface area contributed by atoms with Gasteiger partial charge in [-0.15, -0.1) is 0 Å². The highest BCUT2D eigenvalue weighted by Crippen LogP contribution is 2.23. The number of carbonyl (C=O) groups excluding carboxylic acids is 1. The van der Waals surface area contributed by atoms with Crippen LogP contribution in [0.4, 0.5) is 4.39 Å². The molecule has 1 unspecified atom stereocenters. The first-order valence-electron chi connectivity index (χ1n) is 7.87. The first-order chi connectivity index (χ1) is 11.2. The van der Waals surface area contributed by atoms with Gasteiger partial charge in [0.25, 0.3) is 0 Å². The van der Waals surface area contributed by atoms with Gasteiger partial charge in [-0.1, -0.05) is 19.1 Å². The summed E-state index contributed by atoms with van der Waals surface area (Å²) in [7, 11) is 0. The predicted molar refractivity (Wildman–Crippen MR) is 85.2 cm³/mol. The highest BCUT2D eigenvalue weighted by Gasteiger charge is 2.14. The van der Waals surface area contributed by atoms with Gasteiger partial charge in [-0.3, -0.25) is 9.63 Å². The minimum absolute atomic E-state index is 0.0577. The molecule has 0 aliphatic heterocycles. The molecule has 0 spiro atoms. The topological polar surface area (TPSA) is 51.5 Å². The van der Waals surface area contributed by atoms with Gasteiger partial charge in [-0.05, 0) is 48.6 Å². The number of amides is 1. The Hall–Kier alpha value is -2.14. The summed E-state index contributed by atoms with van der Waals surface area (Å²) in [6.07, 6.45) is 4.30. The second kappa shape index (κ2) is 9.10. The Morgan fingerprint density at radius 1 is 1.30 bits per heavy atom. The number of hydrogen-bond acceptors (Lipinski definition) is 3. The maximum Gasteiger partial charge on any atom is 0.244 e. The average Bonchev–Trinajstić information content (AvgIpc) is 3.06. The van der Waals surface area contributed by atoms with Crippen LogP contribution in [0.5, 0.6) is 0 Å². The monoisotopic (exact) mass is 319 g/mol. The van der Waals surface area contributed by atoms with Crippen molar-refractivity contribution in [2.24, 2.45) is 0 Å². The van der Waals surface area contributed by atoms with Gasteiger partial charge in [0.2, 0.25) is 5.91 Å². The minimum atomic E-state index is -0.270. The van der Waals surface area contributed by atoms with E-state index in [1.54, 1.807) is 18.4 Å². The maximum absolute atomic E-state index is 13.0. The van der Waals surface area contributed by atoms with Gasteiger partial charge in [-0.2, -0.15) is 0 Å². The van der Waals surface area contributed by atoms with Crippen LogP contribution in [0.1, 0.15) is 43.4 Å². The number of rotatable bonds is 9. The van der Waals surface area contributed by atoms with Crippen molar-refractivity contribution in [3.63, 3.8) is 0 Å². The molecule has 0 saturated heterocycles. The zero-order valence-corrected chi connectivity index (χ0v) is 13.3. The molecular weight excluding hydrogens is 297 g/mol. The van der Waals surface area contributed by atoms with Crippen molar-refractivity contribution < 1.29 is 18.4 Å². The summed E-state index contributed by atoms with van der Waals surface area (Å²) < 4.78 is 18.2. The van der Waals surface area contributed by atoms with Gasteiger partial charge in [0.05, 0.1) is 12.9 Å². The number of furan rings is 1. The van der Waals surface area contributed by atoms with Gasteiger partial charge < -0.3 is 4.42 Å². The van der Waals surface area contributed by atoms with E-state index in [1.807, 2.05) is 19.1 Å². The van der Waals surface area contributed by atoms with Crippen LogP contribution in [0.15, 0.2) is 47.1 Å². The molecule has 1 amide bonds. The Morgan fingerprint density at radius 2 is 2.09 bits per heavy atom. The summed E-state index contributed by atoms with van der Waals surface area (Å²) >= 11 is 0. The molecule has 0 aliphatic carbocycles. The van der Waals surface area contributed by atoms with Gasteiger partial charge in [0.15, 0.2) is 0 Å². The zero-order chi connectivity index (χ0) is 16.5. The number of carbonyl (C=O) groups is 1. The van der Waals surface area contributed by atoms with Crippen LogP contribution >= 0.6 is 0 Å². The number of aryl methyl sites for hydroxylation is 1. The summed E-state index contributed by atoms with van der Waals surface area (Å²) in [6, 6.07) is 10.0. The largest absolute Gasteiger partial charge is 0.469 e. The summed E-state index contributed by atoms with van der Waals surface area (Å²) in [5.41, 5.74) is 3.43. The Kier molecular flexibility index (Phi) is 6.81. The van der Waals surface area contributed by atoms with Gasteiger partial charge >= 0.3 is 0 Å². The zero-order valence-electron chi connectivity index (χ0n) is 13.3. The minimum Gasteiger partial charge on any atom is -0.469 e. The second-order valence-electron chi connectivity index (χ2n) is 5.42. The van der Waals surface area contributed by atoms with E-state index in [0.717, 1.165) is 30.6 Å². The standard InChI is InChI=1S/C18H22FNO3/c1-2-14(15-7-9-16(19)10-8-15)13-18(21)20-23-12-4-6-17-5-3-11-22-17/h3,5,7-11,14H,2,4,6,12-13H2,1H3,(H,20,21). The van der Waals surface area contributed by atoms with Crippen molar-refractivity contribution in [2.75, 3.05) is 6.61 Å². The summed E-state index contributed by atoms with van der Waals surface area (Å²) in [5, 5.41) is 0. The summed E-state index contributed by atoms with van der Waals surface area (Å²) in [6.45, 7) is 2.44. The molecule has 23 heavy (non-hydrogen) atoms. The molecule has 2 aromatic rings. The van der Waals surface area contributed by atoms with E-state index in [9.17, 15) is 9.18 Å². The fraction of sp³-hybridized carbons (Fsp3) is 0.389. The van der Waals surface area contributed by atoms with E-state index in [-0.39, 0.29) is 17.6 Å². The number of hydroxylamine groups is 1. The third-order valence-electron chi connectivity index (χ3n) is 3.70. The second-order valence-corrected chi connectivity index (χ2v) is 5.42. The van der Waals surface area contributed by atoms with E-state index < -0.39 is 0 Å². The van der Waals surface area contributed by atoms with E-state index in [1.165, 1.54) is 12.1 Å². The van der Waals surface area contributed by atoms with Crippen LogP contribution in [0, 0.1) is 5.82 Å². The molecule has 1 aromatic heterocycles. The van der Waals surface area contributed by atoms with Crippen molar-refractivity contribution in [3.05, 3.63) is 59.8 Å². The summed E-state index contributed by atoms with van der Waals surface area (Å²) in [5.74, 6) is 0.525. The fourth-order valence-electron chi connectivity index (χ4n) is 2.40. The number of halogens is 1. The Morgan fingerprint density at radius 3 is 2.74 bits per heavy atom. The Bertz CT molecular complexity index is 581. The molecule has 0 radical (unpaired) electrons. The molecule has 5 heteroatoms. The normalized spacial score (nSPS) is 12.1. The van der Waals surface area contributed by atoms with E-state index in [2.05, 4.69) is 5.48 Å². The van der Waals surface area contributed by atoms with Gasteiger partial charge in [0.1, 0.15) is 11.6 Å². The van der Waals surface area contributed by atoms with Crippen molar-refractivity contribution in [1.82, 2.24) is 5.48 Å². The molecule has 0 fully saturated rings. The van der Waals surface area contributed by atoms with E-state index in [4.69, 9.17) is 9.25 Å². The predicted octanol–water partition coefficient (Wildman–Crippen LogP) is 3.98. The first-order valence-corrected chi connectivity index (χ1v) is 7.87. The van der Waals surface area contributed by atoms with E-state index >= 15 is 0 Å². The van der Waals surface area contributed by atoms with Crippen LogP contribution in [-0.4, -0.2) is 12.5 Å². The lowest BCUT2D eigenvalue weighted by Crippen LogP contribution is -2.26. The van der Waals surface area contributed by atoms with Crippen LogP contribution < -0.4 is 5.48 Å². The summed E-state index contributed by atoms with van der Waals surface area (Å²) in [4.78, 5) is 17.1. The fourth-order valence-corrected chi connectivity index (χ4v) is 2.40. The molecule has 124 valence electrons. The molecule has 1 aromatic carbocycles. The highest BCUT2D eigenvalue weighted by atomic mass is 19.1. The lowest BCUT2D eigenvalue weighted by Gasteiger charge is -2.15. The van der Waals surface area contributed by atoms with Crippen molar-refractivity contribution in [2.45, 2.75) is 38.5 Å². The average molecular weight is 319 g/mol. The molecule has 4 nitrogen and oxygen atoms in total. The lowest BCUT2D eigenvalue weighted by molar-refractivity contribution is -0.134. The van der Waals surface area contributed by atoms with Gasteiger partial charge in [0, 0.05) is 12.8 Å². The van der Waals surface area contributed by atoms with E-state index in [0.29, 0.717) is 13.0 Å². The maximum atomic E-state index is 13.0. The molecule has 0 bridgehead atoms. The molecule has 0 saturated carbocycles. The Labute approximate surface area is 135 Å². The third kappa shape index (κ3) is 5.87. The van der Waals surface area contributed by atoms with Crippen LogP contribution in [0.2, 0.25) is 0 Å². The molecular formula is C18H22FNO3. The van der Waals surface area contributed by atoms with Crippen LogP contribution in [-0.2, 0) is 16.1 Å². The first kappa shape index (κ1) is 17.2. The quantitative estimate of drug-likeness (QED) is 0.562. The molecule has 2 rings (SSSR count). The van der Waals surface area contributed by atoms with Crippen molar-refractivity contribution >= 4 is 5.91 Å². The third-order valence-corrected chi connectivity index (χ3v) is 3.70. The number of hydrogen-bond donors (Lipinski definition) is 1. The molecule has 1 N–H and O–H groups in total. The lowest BCUT2D eigenvalue weighted by atomic mass is 9.93. The van der Waals surface area contributed by atoms with Gasteiger partial charge in [-0.25, -0.2) is 9.87 Å². The van der Waals surface area contributed by atoms with Crippen LogP contribution in [0.25, 0.3) is 0 Å². The van der Waals surface area contributed by atoms with Crippen LogP contribution in [0.3, 0.4) is 0 Å².